The molecule has 0 heterocycles. The van der Waals surface area contributed by atoms with Gasteiger partial charge in [-0.3, -0.25) is 0 Å². The molecule has 4 heteroatoms. The summed E-state index contributed by atoms with van der Waals surface area (Å²) < 4.78 is 0. The van der Waals surface area contributed by atoms with Crippen molar-refractivity contribution in [2.45, 2.75) is 5.50 Å². The topological polar surface area (TPSA) is 26.0 Å². The lowest BCUT2D eigenvalue weighted by Gasteiger charge is -2.05. The van der Waals surface area contributed by atoms with Crippen LogP contribution in [0.25, 0.3) is 0 Å². The van der Waals surface area contributed by atoms with Crippen LogP contribution in [-0.4, -0.2) is 0 Å². The highest BCUT2D eigenvalue weighted by Gasteiger charge is 2.06. The molecule has 11 heavy (non-hydrogen) atoms. The van der Waals surface area contributed by atoms with E-state index in [-0.39, 0.29) is 0 Å². The number of alkyl halides is 1. The summed E-state index contributed by atoms with van der Waals surface area (Å²) in [5.41, 5.74) is 5.53. The molecular formula is C7H6Cl3N. The fraction of sp³-hybridized carbons (Fsp3) is 0.143. The number of benzene rings is 1. The average Bonchev–Trinajstić information content (AvgIpc) is 1.85. The van der Waals surface area contributed by atoms with Crippen molar-refractivity contribution in [1.29, 1.82) is 0 Å². The van der Waals surface area contributed by atoms with Crippen molar-refractivity contribution in [3.05, 3.63) is 33.8 Å². The molecule has 1 unspecified atom stereocenters. The fourth-order valence-electron chi connectivity index (χ4n) is 0.725. The lowest BCUT2D eigenvalue weighted by Crippen LogP contribution is -2.02. The number of rotatable bonds is 1. The van der Waals surface area contributed by atoms with Crippen molar-refractivity contribution < 1.29 is 0 Å². The molecule has 0 saturated heterocycles. The summed E-state index contributed by atoms with van der Waals surface area (Å²) in [4.78, 5) is 0. The standard InChI is InChI=1S/C7H6Cl3N/c8-4-1-2-5(7(10)11)6(9)3-4/h1-3,7H,11H2. The summed E-state index contributed by atoms with van der Waals surface area (Å²) >= 11 is 17.0. The third kappa shape index (κ3) is 2.24. The molecule has 0 bridgehead atoms. The number of halogens is 3. The van der Waals surface area contributed by atoms with Gasteiger partial charge in [0.15, 0.2) is 0 Å². The first kappa shape index (κ1) is 9.14. The molecule has 1 aromatic rings. The molecule has 1 atom stereocenters. The van der Waals surface area contributed by atoms with Gasteiger partial charge >= 0.3 is 0 Å². The van der Waals surface area contributed by atoms with Crippen molar-refractivity contribution in [2.24, 2.45) is 5.73 Å². The molecule has 0 aliphatic heterocycles. The maximum absolute atomic E-state index is 5.78. The Hall–Kier alpha value is 0.0500. The van der Waals surface area contributed by atoms with E-state index in [1.54, 1.807) is 18.2 Å². The van der Waals surface area contributed by atoms with E-state index in [0.29, 0.717) is 15.6 Å². The van der Waals surface area contributed by atoms with Gasteiger partial charge in [-0.2, -0.15) is 0 Å². The molecule has 1 nitrogen and oxygen atoms in total. The number of hydrogen-bond acceptors (Lipinski definition) is 1. The Morgan fingerprint density at radius 1 is 1.27 bits per heavy atom. The van der Waals surface area contributed by atoms with Crippen molar-refractivity contribution in [3.63, 3.8) is 0 Å². The molecule has 2 N–H and O–H groups in total. The van der Waals surface area contributed by atoms with Gasteiger partial charge in [-0.1, -0.05) is 29.3 Å². The second kappa shape index (κ2) is 3.63. The highest BCUT2D eigenvalue weighted by atomic mass is 35.5. The van der Waals surface area contributed by atoms with Gasteiger partial charge in [-0.15, -0.1) is 11.6 Å². The minimum Gasteiger partial charge on any atom is -0.312 e. The van der Waals surface area contributed by atoms with E-state index in [9.17, 15) is 0 Å². The van der Waals surface area contributed by atoms with Crippen molar-refractivity contribution in [1.82, 2.24) is 0 Å². The fourth-order valence-corrected chi connectivity index (χ4v) is 1.50. The van der Waals surface area contributed by atoms with E-state index in [1.807, 2.05) is 0 Å². The van der Waals surface area contributed by atoms with Crippen LogP contribution in [0.4, 0.5) is 0 Å². The van der Waals surface area contributed by atoms with E-state index in [2.05, 4.69) is 0 Å². The van der Waals surface area contributed by atoms with Crippen LogP contribution in [0.15, 0.2) is 18.2 Å². The van der Waals surface area contributed by atoms with Crippen LogP contribution in [0.5, 0.6) is 0 Å². The molecule has 1 rings (SSSR count). The highest BCUT2D eigenvalue weighted by Crippen LogP contribution is 2.26. The van der Waals surface area contributed by atoms with E-state index in [4.69, 9.17) is 40.5 Å². The molecule has 0 saturated carbocycles. The van der Waals surface area contributed by atoms with Crippen molar-refractivity contribution in [2.75, 3.05) is 0 Å². The summed E-state index contributed by atoms with van der Waals surface area (Å²) in [5.74, 6) is 0. The van der Waals surface area contributed by atoms with Gasteiger partial charge in [0.05, 0.1) is 0 Å². The first-order chi connectivity index (χ1) is 5.11. The lowest BCUT2D eigenvalue weighted by atomic mass is 10.2. The Balaban J connectivity index is 3.09. The monoisotopic (exact) mass is 209 g/mol. The Bertz CT molecular complexity index is 260. The molecule has 0 radical (unpaired) electrons. The molecule has 0 spiro atoms. The van der Waals surface area contributed by atoms with Crippen LogP contribution >= 0.6 is 34.8 Å². The van der Waals surface area contributed by atoms with Gasteiger partial charge in [0.25, 0.3) is 0 Å². The summed E-state index contributed by atoms with van der Waals surface area (Å²) in [5, 5.41) is 1.08. The largest absolute Gasteiger partial charge is 0.312 e. The third-order valence-electron chi connectivity index (χ3n) is 1.26. The van der Waals surface area contributed by atoms with E-state index in [0.717, 1.165) is 0 Å². The molecule has 0 fully saturated rings. The highest BCUT2D eigenvalue weighted by molar-refractivity contribution is 6.35. The van der Waals surface area contributed by atoms with Crippen LogP contribution in [0.2, 0.25) is 10.0 Å². The van der Waals surface area contributed by atoms with Crippen LogP contribution in [0.1, 0.15) is 11.1 Å². The average molecular weight is 210 g/mol. The van der Waals surface area contributed by atoms with E-state index < -0.39 is 5.50 Å². The predicted molar refractivity (Wildman–Crippen MR) is 49.2 cm³/mol. The van der Waals surface area contributed by atoms with Crippen LogP contribution in [0.3, 0.4) is 0 Å². The minimum absolute atomic E-state index is 0.500. The first-order valence-electron chi connectivity index (χ1n) is 2.96. The van der Waals surface area contributed by atoms with Gasteiger partial charge in [0.1, 0.15) is 5.50 Å². The quantitative estimate of drug-likeness (QED) is 0.559. The van der Waals surface area contributed by atoms with Gasteiger partial charge in [0.2, 0.25) is 0 Å². The lowest BCUT2D eigenvalue weighted by molar-refractivity contribution is 1.02. The van der Waals surface area contributed by atoms with Gasteiger partial charge in [-0.25, -0.2) is 0 Å². The Morgan fingerprint density at radius 3 is 2.36 bits per heavy atom. The molecule has 0 amide bonds. The second-order valence-corrected chi connectivity index (χ2v) is 3.38. The Labute approximate surface area is 80.0 Å². The number of hydrogen-bond donors (Lipinski definition) is 1. The van der Waals surface area contributed by atoms with Gasteiger partial charge < -0.3 is 5.73 Å². The van der Waals surface area contributed by atoms with Crippen LogP contribution in [-0.2, 0) is 0 Å². The Morgan fingerprint density at radius 2 is 1.91 bits per heavy atom. The van der Waals surface area contributed by atoms with E-state index >= 15 is 0 Å². The minimum atomic E-state index is -0.570. The maximum atomic E-state index is 5.78. The predicted octanol–water partition coefficient (Wildman–Crippen LogP) is 3.19. The summed E-state index contributed by atoms with van der Waals surface area (Å²) in [6.07, 6.45) is 0. The maximum Gasteiger partial charge on any atom is 0.107 e. The zero-order valence-corrected chi connectivity index (χ0v) is 7.79. The Kier molecular flexibility index (Phi) is 3.02. The third-order valence-corrected chi connectivity index (χ3v) is 2.06. The molecule has 1 aromatic carbocycles. The zero-order chi connectivity index (χ0) is 8.43. The molecule has 0 aromatic heterocycles. The smallest absolute Gasteiger partial charge is 0.107 e. The van der Waals surface area contributed by atoms with Crippen LogP contribution < -0.4 is 5.73 Å². The zero-order valence-electron chi connectivity index (χ0n) is 5.52. The summed E-state index contributed by atoms with van der Waals surface area (Å²) in [6, 6.07) is 5.02. The normalized spacial score (nSPS) is 13.1. The van der Waals surface area contributed by atoms with Gasteiger partial charge in [-0.05, 0) is 12.1 Å². The number of nitrogens with two attached hydrogens (primary N) is 1. The second-order valence-electron chi connectivity index (χ2n) is 2.07. The molecule has 60 valence electrons. The molecule has 0 aliphatic rings. The summed E-state index contributed by atoms with van der Waals surface area (Å²) in [6.45, 7) is 0. The SMILES string of the molecule is NC(Cl)c1ccc(Cl)cc1Cl. The van der Waals surface area contributed by atoms with Crippen molar-refractivity contribution >= 4 is 34.8 Å². The van der Waals surface area contributed by atoms with Gasteiger partial charge in [0, 0.05) is 15.6 Å². The molecular weight excluding hydrogens is 204 g/mol. The first-order valence-corrected chi connectivity index (χ1v) is 4.15. The molecule has 0 aliphatic carbocycles. The van der Waals surface area contributed by atoms with E-state index in [1.165, 1.54) is 0 Å². The summed E-state index contributed by atoms with van der Waals surface area (Å²) in [7, 11) is 0. The van der Waals surface area contributed by atoms with Crippen molar-refractivity contribution in [3.8, 4) is 0 Å². The van der Waals surface area contributed by atoms with Crippen LogP contribution in [0, 0.1) is 0 Å².